The van der Waals surface area contributed by atoms with E-state index in [2.05, 4.69) is 5.32 Å². The molecule has 1 aliphatic rings. The maximum atomic E-state index is 13.7. The predicted molar refractivity (Wildman–Crippen MR) is 128 cm³/mol. The lowest BCUT2D eigenvalue weighted by Crippen LogP contribution is -2.31. The maximum absolute atomic E-state index is 13.7. The highest BCUT2D eigenvalue weighted by molar-refractivity contribution is 8.13. The smallest absolute Gasteiger partial charge is 0.268 e. The molecule has 7 nitrogen and oxygen atoms in total. The Labute approximate surface area is 197 Å². The average molecular weight is 487 g/mol. The van der Waals surface area contributed by atoms with E-state index < -0.39 is 10.0 Å². The Morgan fingerprint density at radius 2 is 1.82 bits per heavy atom. The first-order valence-electron chi connectivity index (χ1n) is 10.6. The molecule has 1 heterocycles. The van der Waals surface area contributed by atoms with Crippen LogP contribution in [0.15, 0.2) is 52.3 Å². The summed E-state index contributed by atoms with van der Waals surface area (Å²) in [6, 6.07) is 11.7. The first kappa shape index (κ1) is 23.4. The van der Waals surface area contributed by atoms with Gasteiger partial charge in [-0.3, -0.25) is 9.59 Å². The van der Waals surface area contributed by atoms with Gasteiger partial charge in [0, 0.05) is 23.8 Å². The lowest BCUT2D eigenvalue weighted by Gasteiger charge is -2.15. The van der Waals surface area contributed by atoms with E-state index in [-0.39, 0.29) is 27.9 Å². The van der Waals surface area contributed by atoms with E-state index in [0.717, 1.165) is 30.2 Å². The van der Waals surface area contributed by atoms with Gasteiger partial charge in [-0.15, -0.1) is 0 Å². The largest absolute Gasteiger partial charge is 0.495 e. The van der Waals surface area contributed by atoms with Crippen molar-refractivity contribution < 1.29 is 22.7 Å². The molecule has 0 radical (unpaired) electrons. The van der Waals surface area contributed by atoms with Crippen molar-refractivity contribution in [2.75, 3.05) is 7.11 Å². The molecule has 0 atom stereocenters. The van der Waals surface area contributed by atoms with Gasteiger partial charge in [0.2, 0.25) is 5.91 Å². The zero-order chi connectivity index (χ0) is 24.0. The van der Waals surface area contributed by atoms with Gasteiger partial charge in [-0.25, -0.2) is 12.4 Å². The van der Waals surface area contributed by atoms with E-state index in [1.54, 1.807) is 42.5 Å². The van der Waals surface area contributed by atoms with Crippen molar-refractivity contribution in [2.45, 2.75) is 49.9 Å². The molecule has 4 rings (SSSR count). The Bertz CT molecular complexity index is 1350. The Morgan fingerprint density at radius 1 is 1.15 bits per heavy atom. The fourth-order valence-corrected chi connectivity index (χ4v) is 5.94. The molecule has 0 saturated heterocycles. The number of aromatic nitrogens is 1. The maximum Gasteiger partial charge on any atom is 0.268 e. The van der Waals surface area contributed by atoms with Crippen LogP contribution in [-0.4, -0.2) is 30.5 Å². The van der Waals surface area contributed by atoms with E-state index in [0.29, 0.717) is 27.2 Å². The summed E-state index contributed by atoms with van der Waals surface area (Å²) in [5.74, 6) is 0.319. The number of carbonyl (C=O) groups is 2. The third-order valence-corrected chi connectivity index (χ3v) is 8.51. The van der Waals surface area contributed by atoms with Crippen LogP contribution in [0.3, 0.4) is 0 Å². The van der Waals surface area contributed by atoms with E-state index in [9.17, 15) is 18.0 Å². The van der Waals surface area contributed by atoms with Crippen LogP contribution in [-0.2, 0) is 26.2 Å². The molecular formula is C24H26N2O5S2. The van der Waals surface area contributed by atoms with Gasteiger partial charge in [0.15, 0.2) is 5.12 Å². The number of benzene rings is 2. The van der Waals surface area contributed by atoms with Crippen LogP contribution < -0.4 is 10.1 Å². The number of carbonyl (C=O) groups excluding carboxylic acids is 2. The third-order valence-electron chi connectivity index (χ3n) is 5.91. The number of hydrogen-bond donors (Lipinski definition) is 1. The number of nitrogens with zero attached hydrogens (tertiary/aromatic N) is 1. The molecule has 1 saturated carbocycles. The first-order chi connectivity index (χ1) is 15.5. The lowest BCUT2D eigenvalue weighted by molar-refractivity contribution is -0.125. The van der Waals surface area contributed by atoms with Gasteiger partial charge in [0.1, 0.15) is 5.75 Å². The van der Waals surface area contributed by atoms with Crippen LogP contribution in [0.4, 0.5) is 0 Å². The summed E-state index contributed by atoms with van der Waals surface area (Å²) in [7, 11) is -2.49. The van der Waals surface area contributed by atoms with Crippen LogP contribution in [0, 0.1) is 12.3 Å². The summed E-state index contributed by atoms with van der Waals surface area (Å²) in [5.41, 5.74) is 1.42. The standard InChI is InChI=1S/C24H26N2O5S2/c1-15-5-7-19(8-6-15)33(29,30)26-18(14-25-23(28)24(3)9-10-24)11-17-12-22(32-16(2)27)21(31-4)13-20(17)26/h5-8,11-13H,9-10,14H2,1-4H3,(H,25,28). The van der Waals surface area contributed by atoms with Crippen molar-refractivity contribution in [3.05, 3.63) is 53.7 Å². The highest BCUT2D eigenvalue weighted by atomic mass is 32.2. The molecule has 0 unspecified atom stereocenters. The minimum absolute atomic E-state index is 0.0612. The molecule has 1 fully saturated rings. The fourth-order valence-electron chi connectivity index (χ4n) is 3.66. The molecule has 33 heavy (non-hydrogen) atoms. The minimum atomic E-state index is -3.96. The average Bonchev–Trinajstić information content (AvgIpc) is 3.40. The molecule has 1 aliphatic carbocycles. The number of hydrogen-bond acceptors (Lipinski definition) is 6. The highest BCUT2D eigenvalue weighted by Gasteiger charge is 2.44. The highest BCUT2D eigenvalue weighted by Crippen LogP contribution is 2.45. The predicted octanol–water partition coefficient (Wildman–Crippen LogP) is 4.25. The van der Waals surface area contributed by atoms with Crippen molar-refractivity contribution in [1.82, 2.24) is 9.29 Å². The van der Waals surface area contributed by atoms with Gasteiger partial charge in [-0.2, -0.15) is 0 Å². The lowest BCUT2D eigenvalue weighted by atomic mass is 10.1. The summed E-state index contributed by atoms with van der Waals surface area (Å²) in [5, 5.41) is 3.43. The van der Waals surface area contributed by atoms with Gasteiger partial charge < -0.3 is 10.1 Å². The number of thioether (sulfide) groups is 1. The van der Waals surface area contributed by atoms with Gasteiger partial charge >= 0.3 is 0 Å². The summed E-state index contributed by atoms with van der Waals surface area (Å²) >= 11 is 1.02. The summed E-state index contributed by atoms with van der Waals surface area (Å²) in [4.78, 5) is 25.0. The molecular weight excluding hydrogens is 460 g/mol. The van der Waals surface area contributed by atoms with Crippen LogP contribution in [0.2, 0.25) is 0 Å². The van der Waals surface area contributed by atoms with Crippen molar-refractivity contribution in [3.63, 3.8) is 0 Å². The molecule has 3 aromatic rings. The van der Waals surface area contributed by atoms with Crippen LogP contribution in [0.1, 0.15) is 37.9 Å². The Kier molecular flexibility index (Phi) is 6.05. The van der Waals surface area contributed by atoms with Crippen molar-refractivity contribution >= 4 is 43.7 Å². The fraction of sp³-hybridized carbons (Fsp3) is 0.333. The van der Waals surface area contributed by atoms with Crippen LogP contribution in [0.5, 0.6) is 5.75 Å². The number of amides is 1. The second-order valence-electron chi connectivity index (χ2n) is 8.62. The number of methoxy groups -OCH3 is 1. The molecule has 9 heteroatoms. The first-order valence-corrected chi connectivity index (χ1v) is 12.8. The summed E-state index contributed by atoms with van der Waals surface area (Å²) < 4.78 is 34.1. The SMILES string of the molecule is COc1cc2c(cc1SC(C)=O)cc(CNC(=O)C1(C)CC1)n2S(=O)(=O)c1ccc(C)cc1. The molecule has 174 valence electrons. The van der Waals surface area contributed by atoms with Crippen molar-refractivity contribution in [2.24, 2.45) is 5.41 Å². The summed E-state index contributed by atoms with van der Waals surface area (Å²) in [6.45, 7) is 5.31. The topological polar surface area (TPSA) is 94.5 Å². The quantitative estimate of drug-likeness (QED) is 0.502. The van der Waals surface area contributed by atoms with Crippen molar-refractivity contribution in [3.8, 4) is 5.75 Å². The molecule has 0 spiro atoms. The second kappa shape index (κ2) is 8.53. The number of aryl methyl sites for hydroxylation is 1. The normalized spacial score (nSPS) is 14.8. The second-order valence-corrected chi connectivity index (χ2v) is 11.6. The van der Waals surface area contributed by atoms with E-state index >= 15 is 0 Å². The van der Waals surface area contributed by atoms with Gasteiger partial charge in [0.25, 0.3) is 10.0 Å². The zero-order valence-electron chi connectivity index (χ0n) is 19.0. The summed E-state index contributed by atoms with van der Waals surface area (Å²) in [6.07, 6.45) is 1.65. The monoisotopic (exact) mass is 486 g/mol. The Morgan fingerprint density at radius 3 is 2.39 bits per heavy atom. The third kappa shape index (κ3) is 4.52. The number of fused-ring (bicyclic) bond motifs is 1. The van der Waals surface area contributed by atoms with E-state index in [1.807, 2.05) is 13.8 Å². The molecule has 1 N–H and O–H groups in total. The van der Waals surface area contributed by atoms with Gasteiger partial charge in [-0.1, -0.05) is 24.6 Å². The van der Waals surface area contributed by atoms with Gasteiger partial charge in [0.05, 0.1) is 34.7 Å². The van der Waals surface area contributed by atoms with E-state index in [1.165, 1.54) is 18.0 Å². The minimum Gasteiger partial charge on any atom is -0.495 e. The number of ether oxygens (including phenoxy) is 1. The van der Waals surface area contributed by atoms with Crippen LogP contribution >= 0.6 is 11.8 Å². The van der Waals surface area contributed by atoms with Crippen LogP contribution in [0.25, 0.3) is 10.9 Å². The zero-order valence-corrected chi connectivity index (χ0v) is 20.6. The van der Waals surface area contributed by atoms with Crippen molar-refractivity contribution in [1.29, 1.82) is 0 Å². The Balaban J connectivity index is 1.87. The number of nitrogens with one attached hydrogen (secondary N) is 1. The molecule has 0 aliphatic heterocycles. The molecule has 1 aromatic heterocycles. The Hall–Kier alpha value is -2.78. The molecule has 1 amide bonds. The van der Waals surface area contributed by atoms with Gasteiger partial charge in [-0.05, 0) is 55.8 Å². The van der Waals surface area contributed by atoms with E-state index in [4.69, 9.17) is 4.74 Å². The molecule has 0 bridgehead atoms. The number of rotatable bonds is 7. The molecule has 2 aromatic carbocycles.